The quantitative estimate of drug-likeness (QED) is 0.729. The maximum atomic E-state index is 12.7. The highest BCUT2D eigenvalue weighted by atomic mass is 35.5. The fraction of sp³-hybridized carbons (Fsp3) is 0.235. The van der Waals surface area contributed by atoms with E-state index >= 15 is 0 Å². The van der Waals surface area contributed by atoms with Crippen molar-refractivity contribution < 1.29 is 14.1 Å². The minimum atomic E-state index is -0.441. The van der Waals surface area contributed by atoms with E-state index in [1.807, 2.05) is 17.5 Å². The second kappa shape index (κ2) is 7.45. The van der Waals surface area contributed by atoms with Crippen LogP contribution in [0.15, 0.2) is 46.3 Å². The average Bonchev–Trinajstić information content (AvgIpc) is 3.33. The number of nitrogens with one attached hydrogen (secondary N) is 1. The van der Waals surface area contributed by atoms with Crippen molar-refractivity contribution >= 4 is 34.7 Å². The van der Waals surface area contributed by atoms with Crippen LogP contribution >= 0.6 is 22.9 Å². The minimum absolute atomic E-state index is 0.267. The fourth-order valence-corrected chi connectivity index (χ4v) is 3.53. The predicted molar refractivity (Wildman–Crippen MR) is 98.3 cm³/mol. The van der Waals surface area contributed by atoms with Gasteiger partial charge >= 0.3 is 6.03 Å². The number of carbonyl (C=O) groups excluding carboxylic acids is 1. The number of amides is 2. The number of ether oxygens (including phenoxy) is 1. The van der Waals surface area contributed by atoms with Crippen molar-refractivity contribution in [1.29, 1.82) is 0 Å². The van der Waals surface area contributed by atoms with Gasteiger partial charge < -0.3 is 19.5 Å². The van der Waals surface area contributed by atoms with E-state index in [0.29, 0.717) is 42.2 Å². The van der Waals surface area contributed by atoms with Crippen molar-refractivity contribution in [3.8, 4) is 10.7 Å². The van der Waals surface area contributed by atoms with Gasteiger partial charge in [-0.25, -0.2) is 4.79 Å². The molecule has 1 atom stereocenters. The molecular formula is C17H15ClN4O3S. The van der Waals surface area contributed by atoms with Crippen LogP contribution < -0.4 is 5.32 Å². The largest absolute Gasteiger partial charge is 0.377 e. The number of aromatic nitrogens is 2. The van der Waals surface area contributed by atoms with Crippen molar-refractivity contribution in [1.82, 2.24) is 15.0 Å². The Hall–Kier alpha value is -2.42. The van der Waals surface area contributed by atoms with E-state index in [1.54, 1.807) is 29.2 Å². The molecule has 9 heteroatoms. The first-order chi connectivity index (χ1) is 12.7. The minimum Gasteiger partial charge on any atom is -0.377 e. The third-order valence-corrected chi connectivity index (χ3v) is 5.03. The monoisotopic (exact) mass is 390 g/mol. The summed E-state index contributed by atoms with van der Waals surface area (Å²) in [5.74, 6) is 0.866. The lowest BCUT2D eigenvalue weighted by molar-refractivity contribution is 0.00349. The van der Waals surface area contributed by atoms with Crippen molar-refractivity contribution in [3.63, 3.8) is 0 Å². The normalized spacial score (nSPS) is 17.3. The van der Waals surface area contributed by atoms with Crippen LogP contribution in [0.3, 0.4) is 0 Å². The number of carbonyl (C=O) groups is 1. The van der Waals surface area contributed by atoms with Crippen molar-refractivity contribution in [3.05, 3.63) is 52.7 Å². The number of morpholine rings is 1. The average molecular weight is 391 g/mol. The zero-order chi connectivity index (χ0) is 17.9. The zero-order valence-corrected chi connectivity index (χ0v) is 15.2. The molecule has 1 N–H and O–H groups in total. The van der Waals surface area contributed by atoms with Crippen LogP contribution in [0.2, 0.25) is 5.02 Å². The Morgan fingerprint density at radius 2 is 2.27 bits per heavy atom. The van der Waals surface area contributed by atoms with Crippen molar-refractivity contribution in [2.45, 2.75) is 6.04 Å². The van der Waals surface area contributed by atoms with E-state index in [2.05, 4.69) is 15.5 Å². The molecule has 1 fully saturated rings. The van der Waals surface area contributed by atoms with Gasteiger partial charge in [-0.1, -0.05) is 28.9 Å². The second-order valence-electron chi connectivity index (χ2n) is 5.66. The zero-order valence-electron chi connectivity index (χ0n) is 13.6. The van der Waals surface area contributed by atoms with Crippen LogP contribution in [-0.4, -0.2) is 40.8 Å². The van der Waals surface area contributed by atoms with E-state index in [1.165, 1.54) is 11.3 Å². The van der Waals surface area contributed by atoms with Crippen molar-refractivity contribution in [2.24, 2.45) is 0 Å². The first-order valence-corrected chi connectivity index (χ1v) is 9.25. The Kier molecular flexibility index (Phi) is 4.87. The molecule has 1 aromatic carbocycles. The molecule has 1 aliphatic rings. The Balaban J connectivity index is 1.54. The standard InChI is InChI=1S/C17H15ClN4O3S/c18-11-3-1-4-12(9-11)19-17(23)22-6-7-24-10-13(22)16-20-15(21-25-16)14-5-2-8-26-14/h1-5,8-9,13H,6-7,10H2,(H,19,23)/t13-/m1/s1. The topological polar surface area (TPSA) is 80.5 Å². The molecule has 3 aromatic rings. The van der Waals surface area contributed by atoms with Crippen LogP contribution in [0.25, 0.3) is 10.7 Å². The van der Waals surface area contributed by atoms with Gasteiger partial charge in [0.25, 0.3) is 5.89 Å². The Labute approximate surface area is 158 Å². The maximum absolute atomic E-state index is 12.7. The molecule has 4 rings (SSSR count). The summed E-state index contributed by atoms with van der Waals surface area (Å²) < 4.78 is 10.9. The number of benzene rings is 1. The molecular weight excluding hydrogens is 376 g/mol. The molecule has 2 aromatic heterocycles. The molecule has 0 spiro atoms. The second-order valence-corrected chi connectivity index (χ2v) is 7.04. The Bertz CT molecular complexity index is 899. The number of hydrogen-bond donors (Lipinski definition) is 1. The van der Waals surface area contributed by atoms with E-state index in [0.717, 1.165) is 4.88 Å². The summed E-state index contributed by atoms with van der Waals surface area (Å²) in [6.07, 6.45) is 0. The van der Waals surface area contributed by atoms with Gasteiger partial charge in [0.2, 0.25) is 5.82 Å². The summed E-state index contributed by atoms with van der Waals surface area (Å²) >= 11 is 7.50. The van der Waals surface area contributed by atoms with E-state index in [-0.39, 0.29) is 6.03 Å². The van der Waals surface area contributed by atoms with Crippen LogP contribution in [-0.2, 0) is 4.74 Å². The lowest BCUT2D eigenvalue weighted by atomic mass is 10.2. The summed E-state index contributed by atoms with van der Waals surface area (Å²) in [6, 6.07) is 10.1. The molecule has 0 radical (unpaired) electrons. The SMILES string of the molecule is O=C(Nc1cccc(Cl)c1)N1CCOC[C@@H]1c1nc(-c2cccs2)no1. The smallest absolute Gasteiger partial charge is 0.322 e. The van der Waals surface area contributed by atoms with Crippen molar-refractivity contribution in [2.75, 3.05) is 25.1 Å². The van der Waals surface area contributed by atoms with E-state index in [4.69, 9.17) is 20.9 Å². The first-order valence-electron chi connectivity index (χ1n) is 7.99. The number of hydrogen-bond acceptors (Lipinski definition) is 6. The molecule has 0 bridgehead atoms. The third kappa shape index (κ3) is 3.57. The maximum Gasteiger partial charge on any atom is 0.322 e. The molecule has 134 valence electrons. The third-order valence-electron chi connectivity index (χ3n) is 3.93. The van der Waals surface area contributed by atoms with Crippen LogP contribution in [0.4, 0.5) is 10.5 Å². The summed E-state index contributed by atoms with van der Waals surface area (Å²) in [5.41, 5.74) is 0.623. The summed E-state index contributed by atoms with van der Waals surface area (Å²) in [4.78, 5) is 19.7. The van der Waals surface area contributed by atoms with Crippen LogP contribution in [0.1, 0.15) is 11.9 Å². The van der Waals surface area contributed by atoms with E-state index in [9.17, 15) is 4.79 Å². The molecule has 1 saturated heterocycles. The molecule has 1 aliphatic heterocycles. The van der Waals surface area contributed by atoms with Gasteiger partial charge in [-0.3, -0.25) is 0 Å². The number of nitrogens with zero attached hydrogens (tertiary/aromatic N) is 3. The molecule has 0 saturated carbocycles. The highest BCUT2D eigenvalue weighted by Crippen LogP contribution is 2.28. The molecule has 2 amide bonds. The molecule has 7 nitrogen and oxygen atoms in total. The van der Waals surface area contributed by atoms with Crippen LogP contribution in [0, 0.1) is 0 Å². The highest BCUT2D eigenvalue weighted by molar-refractivity contribution is 7.13. The predicted octanol–water partition coefficient (Wildman–Crippen LogP) is 4.06. The van der Waals surface area contributed by atoms with Gasteiger partial charge in [0.1, 0.15) is 6.04 Å². The summed E-state index contributed by atoms with van der Waals surface area (Å²) in [5, 5.41) is 9.36. The lowest BCUT2D eigenvalue weighted by Gasteiger charge is -2.33. The van der Waals surface area contributed by atoms with Gasteiger partial charge in [0, 0.05) is 17.3 Å². The lowest BCUT2D eigenvalue weighted by Crippen LogP contribution is -2.45. The Morgan fingerprint density at radius 3 is 3.08 bits per heavy atom. The molecule has 0 aliphatic carbocycles. The van der Waals surface area contributed by atoms with Gasteiger partial charge in [-0.05, 0) is 29.6 Å². The van der Waals surface area contributed by atoms with E-state index < -0.39 is 6.04 Å². The van der Waals surface area contributed by atoms with Crippen LogP contribution in [0.5, 0.6) is 0 Å². The molecule has 0 unspecified atom stereocenters. The summed E-state index contributed by atoms with van der Waals surface area (Å²) in [6.45, 7) is 1.17. The highest BCUT2D eigenvalue weighted by Gasteiger charge is 2.33. The van der Waals surface area contributed by atoms with Gasteiger partial charge in [-0.15, -0.1) is 11.3 Å². The number of anilines is 1. The van der Waals surface area contributed by atoms with Gasteiger partial charge in [-0.2, -0.15) is 4.98 Å². The molecule has 3 heterocycles. The molecule has 26 heavy (non-hydrogen) atoms. The van der Waals surface area contributed by atoms with Gasteiger partial charge in [0.05, 0.1) is 18.1 Å². The first kappa shape index (κ1) is 17.0. The number of urea groups is 1. The Morgan fingerprint density at radius 1 is 1.35 bits per heavy atom. The fourth-order valence-electron chi connectivity index (χ4n) is 2.69. The number of rotatable bonds is 3. The number of thiophene rings is 1. The number of halogens is 1. The van der Waals surface area contributed by atoms with Gasteiger partial charge in [0.15, 0.2) is 0 Å². The summed E-state index contributed by atoms with van der Waals surface area (Å²) in [7, 11) is 0.